The second-order valence-electron chi connectivity index (χ2n) is 5.43. The highest BCUT2D eigenvalue weighted by molar-refractivity contribution is 6.00. The minimum atomic E-state index is -0.420. The predicted molar refractivity (Wildman–Crippen MR) is 81.0 cm³/mol. The average molecular weight is 276 g/mol. The molecule has 1 amide bonds. The van der Waals surface area contributed by atoms with Gasteiger partial charge in [0.1, 0.15) is 5.75 Å². The summed E-state index contributed by atoms with van der Waals surface area (Å²) in [5.41, 5.74) is 0.345. The lowest BCUT2D eigenvalue weighted by molar-refractivity contribution is -0.124. The summed E-state index contributed by atoms with van der Waals surface area (Å²) >= 11 is 0. The second-order valence-corrected chi connectivity index (χ2v) is 5.43. The van der Waals surface area contributed by atoms with E-state index in [0.717, 1.165) is 37.9 Å². The SMILES string of the molecule is CCCC1(C(=O)N(CC)c2cccc(O)c2)CCCN1. The molecular weight excluding hydrogens is 252 g/mol. The molecule has 2 N–H and O–H groups in total. The van der Waals surface area contributed by atoms with Crippen molar-refractivity contribution < 1.29 is 9.90 Å². The first-order chi connectivity index (χ1) is 9.63. The number of carbonyl (C=O) groups excluding carboxylic acids is 1. The molecule has 1 unspecified atom stereocenters. The van der Waals surface area contributed by atoms with Crippen LogP contribution in [0.5, 0.6) is 5.75 Å². The number of likely N-dealkylation sites (N-methyl/N-ethyl adjacent to an activating group) is 1. The quantitative estimate of drug-likeness (QED) is 0.869. The third-order valence-electron chi connectivity index (χ3n) is 4.03. The molecule has 0 radical (unpaired) electrons. The van der Waals surface area contributed by atoms with Gasteiger partial charge in [-0.05, 0) is 44.9 Å². The zero-order valence-electron chi connectivity index (χ0n) is 12.4. The van der Waals surface area contributed by atoms with Crippen LogP contribution in [0.3, 0.4) is 0 Å². The Morgan fingerprint density at radius 2 is 2.25 bits per heavy atom. The molecular formula is C16H24N2O2. The van der Waals surface area contributed by atoms with Crippen LogP contribution in [0.15, 0.2) is 24.3 Å². The molecule has 1 aromatic rings. The van der Waals surface area contributed by atoms with Gasteiger partial charge < -0.3 is 15.3 Å². The first-order valence-corrected chi connectivity index (χ1v) is 7.49. The highest BCUT2D eigenvalue weighted by Gasteiger charge is 2.42. The Bertz CT molecular complexity index is 467. The number of carbonyl (C=O) groups is 1. The van der Waals surface area contributed by atoms with Crippen molar-refractivity contribution in [3.63, 3.8) is 0 Å². The van der Waals surface area contributed by atoms with Crippen molar-refractivity contribution in [3.05, 3.63) is 24.3 Å². The van der Waals surface area contributed by atoms with Crippen molar-refractivity contribution in [2.75, 3.05) is 18.0 Å². The predicted octanol–water partition coefficient (Wildman–Crippen LogP) is 2.67. The Morgan fingerprint density at radius 3 is 2.80 bits per heavy atom. The maximum absolute atomic E-state index is 13.0. The average Bonchev–Trinajstić information content (AvgIpc) is 2.90. The van der Waals surface area contributed by atoms with Crippen LogP contribution >= 0.6 is 0 Å². The molecule has 0 spiro atoms. The lowest BCUT2D eigenvalue weighted by Crippen LogP contribution is -2.55. The molecule has 0 saturated carbocycles. The van der Waals surface area contributed by atoms with Gasteiger partial charge in [0.05, 0.1) is 5.54 Å². The Hall–Kier alpha value is -1.55. The van der Waals surface area contributed by atoms with Crippen LogP contribution in [-0.2, 0) is 4.79 Å². The number of rotatable bonds is 5. The highest BCUT2D eigenvalue weighted by atomic mass is 16.3. The van der Waals surface area contributed by atoms with E-state index in [1.54, 1.807) is 23.1 Å². The van der Waals surface area contributed by atoms with E-state index in [-0.39, 0.29) is 11.7 Å². The number of aromatic hydroxyl groups is 1. The van der Waals surface area contributed by atoms with Gasteiger partial charge in [-0.15, -0.1) is 0 Å². The van der Waals surface area contributed by atoms with Crippen LogP contribution in [0.25, 0.3) is 0 Å². The number of phenolic OH excluding ortho intramolecular Hbond substituents is 1. The summed E-state index contributed by atoms with van der Waals surface area (Å²) in [6.07, 6.45) is 3.79. The number of amides is 1. The second kappa shape index (κ2) is 6.27. The summed E-state index contributed by atoms with van der Waals surface area (Å²) in [7, 11) is 0. The van der Waals surface area contributed by atoms with E-state index in [2.05, 4.69) is 12.2 Å². The van der Waals surface area contributed by atoms with Crippen LogP contribution in [0, 0.1) is 0 Å². The van der Waals surface area contributed by atoms with Crippen LogP contribution in [0.2, 0.25) is 0 Å². The number of benzene rings is 1. The lowest BCUT2D eigenvalue weighted by atomic mass is 9.90. The Morgan fingerprint density at radius 1 is 1.45 bits per heavy atom. The largest absolute Gasteiger partial charge is 0.508 e. The number of hydrogen-bond donors (Lipinski definition) is 2. The lowest BCUT2D eigenvalue weighted by Gasteiger charge is -2.34. The third kappa shape index (κ3) is 2.80. The normalized spacial score (nSPS) is 21.9. The molecule has 1 aromatic carbocycles. The fourth-order valence-corrected chi connectivity index (χ4v) is 3.10. The maximum Gasteiger partial charge on any atom is 0.247 e. The first-order valence-electron chi connectivity index (χ1n) is 7.49. The fourth-order valence-electron chi connectivity index (χ4n) is 3.10. The smallest absolute Gasteiger partial charge is 0.247 e. The maximum atomic E-state index is 13.0. The zero-order chi connectivity index (χ0) is 14.6. The van der Waals surface area contributed by atoms with Gasteiger partial charge in [-0.25, -0.2) is 0 Å². The minimum Gasteiger partial charge on any atom is -0.508 e. The van der Waals surface area contributed by atoms with Gasteiger partial charge >= 0.3 is 0 Å². The summed E-state index contributed by atoms with van der Waals surface area (Å²) in [6.45, 7) is 5.59. The highest BCUT2D eigenvalue weighted by Crippen LogP contribution is 2.30. The van der Waals surface area contributed by atoms with Crippen molar-refractivity contribution in [1.82, 2.24) is 5.32 Å². The van der Waals surface area contributed by atoms with Gasteiger partial charge in [-0.1, -0.05) is 19.4 Å². The summed E-state index contributed by atoms with van der Waals surface area (Å²) in [5.74, 6) is 0.322. The van der Waals surface area contributed by atoms with Crippen LogP contribution < -0.4 is 10.2 Å². The van der Waals surface area contributed by atoms with Crippen molar-refractivity contribution in [1.29, 1.82) is 0 Å². The minimum absolute atomic E-state index is 0.130. The fraction of sp³-hybridized carbons (Fsp3) is 0.562. The molecule has 2 rings (SSSR count). The molecule has 0 aliphatic carbocycles. The molecule has 1 atom stereocenters. The number of hydrogen-bond acceptors (Lipinski definition) is 3. The van der Waals surface area contributed by atoms with Gasteiger partial charge in [0.25, 0.3) is 0 Å². The van der Waals surface area contributed by atoms with E-state index in [4.69, 9.17) is 0 Å². The monoisotopic (exact) mass is 276 g/mol. The van der Waals surface area contributed by atoms with Gasteiger partial charge in [0.15, 0.2) is 0 Å². The number of anilines is 1. The molecule has 4 heteroatoms. The van der Waals surface area contributed by atoms with E-state index in [9.17, 15) is 9.90 Å². The molecule has 1 fully saturated rings. The number of phenols is 1. The molecule has 4 nitrogen and oxygen atoms in total. The van der Waals surface area contributed by atoms with Gasteiger partial charge in [-0.2, -0.15) is 0 Å². The third-order valence-corrected chi connectivity index (χ3v) is 4.03. The summed E-state index contributed by atoms with van der Waals surface area (Å²) < 4.78 is 0. The van der Waals surface area contributed by atoms with E-state index in [0.29, 0.717) is 6.54 Å². The Kier molecular flexibility index (Phi) is 4.65. The number of nitrogens with zero attached hydrogens (tertiary/aromatic N) is 1. The summed E-state index contributed by atoms with van der Waals surface area (Å²) in [4.78, 5) is 14.8. The Labute approximate surface area is 120 Å². The molecule has 1 aliphatic rings. The van der Waals surface area contributed by atoms with E-state index < -0.39 is 5.54 Å². The Balaban J connectivity index is 2.28. The first kappa shape index (κ1) is 14.9. The molecule has 0 aromatic heterocycles. The molecule has 20 heavy (non-hydrogen) atoms. The van der Waals surface area contributed by atoms with Gasteiger partial charge in [0, 0.05) is 18.3 Å². The van der Waals surface area contributed by atoms with Gasteiger partial charge in [-0.3, -0.25) is 4.79 Å². The van der Waals surface area contributed by atoms with Crippen LogP contribution in [0.1, 0.15) is 39.5 Å². The standard InChI is InChI=1S/C16H24N2O2/c1-3-9-16(10-6-11-17-16)15(20)18(4-2)13-7-5-8-14(19)12-13/h5,7-8,12,17,19H,3-4,6,9-11H2,1-2H3. The molecule has 110 valence electrons. The van der Waals surface area contributed by atoms with Crippen LogP contribution in [-0.4, -0.2) is 29.6 Å². The van der Waals surface area contributed by atoms with E-state index in [1.807, 2.05) is 13.0 Å². The zero-order valence-corrected chi connectivity index (χ0v) is 12.4. The van der Waals surface area contributed by atoms with Crippen molar-refractivity contribution in [2.24, 2.45) is 0 Å². The molecule has 0 bridgehead atoms. The summed E-state index contributed by atoms with van der Waals surface area (Å²) in [6, 6.07) is 6.92. The van der Waals surface area contributed by atoms with E-state index >= 15 is 0 Å². The van der Waals surface area contributed by atoms with Crippen molar-refractivity contribution in [2.45, 2.75) is 45.1 Å². The number of nitrogens with one attached hydrogen (secondary N) is 1. The van der Waals surface area contributed by atoms with E-state index in [1.165, 1.54) is 0 Å². The molecule has 1 saturated heterocycles. The molecule has 1 heterocycles. The van der Waals surface area contributed by atoms with Crippen molar-refractivity contribution in [3.8, 4) is 5.75 Å². The van der Waals surface area contributed by atoms with Crippen LogP contribution in [0.4, 0.5) is 5.69 Å². The molecule has 1 aliphatic heterocycles. The summed E-state index contributed by atoms with van der Waals surface area (Å²) in [5, 5.41) is 13.0. The van der Waals surface area contributed by atoms with Gasteiger partial charge in [0.2, 0.25) is 5.91 Å². The topological polar surface area (TPSA) is 52.6 Å². The van der Waals surface area contributed by atoms with Crippen molar-refractivity contribution >= 4 is 11.6 Å².